The van der Waals surface area contributed by atoms with E-state index in [0.29, 0.717) is 0 Å². The minimum Gasteiger partial charge on any atom is -0.0900 e. The van der Waals surface area contributed by atoms with Crippen LogP contribution in [0, 0.1) is 5.92 Å². The fourth-order valence-corrected chi connectivity index (χ4v) is 0.908. The minimum atomic E-state index is 0.734. The van der Waals surface area contributed by atoms with Gasteiger partial charge in [0.1, 0.15) is 0 Å². The van der Waals surface area contributed by atoms with Gasteiger partial charge in [-0.2, -0.15) is 0 Å². The SMILES string of the molecule is CC(=S)CC(C)C. The van der Waals surface area contributed by atoms with Gasteiger partial charge in [-0.25, -0.2) is 0 Å². The molecule has 7 heavy (non-hydrogen) atoms. The first-order chi connectivity index (χ1) is 3.13. The van der Waals surface area contributed by atoms with Crippen LogP contribution < -0.4 is 0 Å². The smallest absolute Gasteiger partial charge is 0.00999 e. The summed E-state index contributed by atoms with van der Waals surface area (Å²) in [5.41, 5.74) is 0. The lowest BCUT2D eigenvalue weighted by atomic mass is 10.1. The Labute approximate surface area is 50.9 Å². The predicted octanol–water partition coefficient (Wildman–Crippen LogP) is 2.42. The van der Waals surface area contributed by atoms with Gasteiger partial charge in [0.25, 0.3) is 0 Å². The van der Waals surface area contributed by atoms with Crippen LogP contribution in [-0.2, 0) is 0 Å². The van der Waals surface area contributed by atoms with Crippen LogP contribution in [0.5, 0.6) is 0 Å². The molecule has 0 aliphatic carbocycles. The number of hydrogen-bond acceptors (Lipinski definition) is 1. The summed E-state index contributed by atoms with van der Waals surface area (Å²) in [7, 11) is 0. The van der Waals surface area contributed by atoms with E-state index in [1.807, 2.05) is 6.92 Å². The van der Waals surface area contributed by atoms with Crippen molar-refractivity contribution in [1.82, 2.24) is 0 Å². The first-order valence-corrected chi connectivity index (χ1v) is 3.03. The van der Waals surface area contributed by atoms with Crippen molar-refractivity contribution in [2.45, 2.75) is 27.2 Å². The molecule has 0 aliphatic rings. The van der Waals surface area contributed by atoms with E-state index in [-0.39, 0.29) is 0 Å². The van der Waals surface area contributed by atoms with Crippen molar-refractivity contribution < 1.29 is 0 Å². The molecule has 0 aromatic heterocycles. The van der Waals surface area contributed by atoms with E-state index in [2.05, 4.69) is 13.8 Å². The monoisotopic (exact) mass is 116 g/mol. The summed E-state index contributed by atoms with van der Waals surface area (Å²) < 4.78 is 0. The zero-order valence-corrected chi connectivity index (χ0v) is 6.01. The van der Waals surface area contributed by atoms with Crippen molar-refractivity contribution in [2.24, 2.45) is 5.92 Å². The van der Waals surface area contributed by atoms with Crippen molar-refractivity contribution in [2.75, 3.05) is 0 Å². The van der Waals surface area contributed by atoms with Gasteiger partial charge in [0.05, 0.1) is 0 Å². The third-order valence-corrected chi connectivity index (χ3v) is 0.862. The maximum Gasteiger partial charge on any atom is -0.00999 e. The van der Waals surface area contributed by atoms with E-state index < -0.39 is 0 Å². The highest BCUT2D eigenvalue weighted by molar-refractivity contribution is 7.80. The molecule has 0 unspecified atom stereocenters. The van der Waals surface area contributed by atoms with Crippen LogP contribution in [0.25, 0.3) is 0 Å². The van der Waals surface area contributed by atoms with Gasteiger partial charge < -0.3 is 0 Å². The van der Waals surface area contributed by atoms with E-state index >= 15 is 0 Å². The molecule has 0 N–H and O–H groups in total. The van der Waals surface area contributed by atoms with E-state index in [1.165, 1.54) is 0 Å². The van der Waals surface area contributed by atoms with Gasteiger partial charge in [-0.3, -0.25) is 0 Å². The molecule has 0 saturated carbocycles. The quantitative estimate of drug-likeness (QED) is 0.499. The second-order valence-corrected chi connectivity index (χ2v) is 3.00. The lowest BCUT2D eigenvalue weighted by Gasteiger charge is -1.98. The Bertz CT molecular complexity index is 64.6. The summed E-state index contributed by atoms with van der Waals surface area (Å²) in [5.74, 6) is 0.734. The molecule has 0 bridgehead atoms. The molecule has 0 heterocycles. The molecule has 0 amide bonds. The Balaban J connectivity index is 3.13. The summed E-state index contributed by atoms with van der Waals surface area (Å²) in [6.07, 6.45) is 1.09. The van der Waals surface area contributed by atoms with E-state index in [1.54, 1.807) is 0 Å². The third kappa shape index (κ3) is 6.09. The largest absolute Gasteiger partial charge is 0.0900 e. The summed E-state index contributed by atoms with van der Waals surface area (Å²) in [6.45, 7) is 6.35. The second-order valence-electron chi connectivity index (χ2n) is 2.30. The molecule has 0 spiro atoms. The van der Waals surface area contributed by atoms with Crippen LogP contribution in [0.3, 0.4) is 0 Å². The van der Waals surface area contributed by atoms with Crippen LogP contribution in [0.4, 0.5) is 0 Å². The third-order valence-electron chi connectivity index (χ3n) is 0.696. The van der Waals surface area contributed by atoms with Gasteiger partial charge in [-0.15, -0.1) is 0 Å². The average molecular weight is 116 g/mol. The van der Waals surface area contributed by atoms with Gasteiger partial charge in [0.15, 0.2) is 0 Å². The zero-order valence-electron chi connectivity index (χ0n) is 5.19. The molecule has 1 heteroatoms. The van der Waals surface area contributed by atoms with Crippen molar-refractivity contribution >= 4 is 17.1 Å². The summed E-state index contributed by atoms with van der Waals surface area (Å²) in [4.78, 5) is 1.12. The maximum atomic E-state index is 4.87. The predicted molar refractivity (Wildman–Crippen MR) is 37.7 cm³/mol. The molecular weight excluding hydrogens is 104 g/mol. The minimum absolute atomic E-state index is 0.734. The Morgan fingerprint density at radius 3 is 2.00 bits per heavy atom. The molecule has 0 nitrogen and oxygen atoms in total. The van der Waals surface area contributed by atoms with E-state index in [9.17, 15) is 0 Å². The number of rotatable bonds is 2. The van der Waals surface area contributed by atoms with E-state index in [4.69, 9.17) is 12.2 Å². The standard InChI is InChI=1S/C6H12S/c1-5(2)4-6(3)7/h5H,4H2,1-3H3. The normalized spacial score (nSPS) is 9.71. The van der Waals surface area contributed by atoms with Crippen molar-refractivity contribution in [3.05, 3.63) is 0 Å². The van der Waals surface area contributed by atoms with Gasteiger partial charge in [0.2, 0.25) is 0 Å². The van der Waals surface area contributed by atoms with Crippen molar-refractivity contribution in [3.8, 4) is 0 Å². The second kappa shape index (κ2) is 3.14. The molecule has 0 radical (unpaired) electrons. The zero-order chi connectivity index (χ0) is 5.86. The van der Waals surface area contributed by atoms with Crippen molar-refractivity contribution in [3.63, 3.8) is 0 Å². The van der Waals surface area contributed by atoms with E-state index in [0.717, 1.165) is 17.2 Å². The van der Waals surface area contributed by atoms with Crippen LogP contribution in [0.15, 0.2) is 0 Å². The Morgan fingerprint density at radius 1 is 1.57 bits per heavy atom. The first kappa shape index (κ1) is 7.09. The molecule has 0 aromatic carbocycles. The fraction of sp³-hybridized carbons (Fsp3) is 0.833. The van der Waals surface area contributed by atoms with Gasteiger partial charge in [-0.05, 0) is 24.1 Å². The van der Waals surface area contributed by atoms with Gasteiger partial charge in [0, 0.05) is 0 Å². The number of thiocarbonyl (C=S) groups is 1. The molecule has 0 aromatic rings. The average Bonchev–Trinajstić information content (AvgIpc) is 1.27. The highest BCUT2D eigenvalue weighted by atomic mass is 32.1. The maximum absolute atomic E-state index is 4.87. The summed E-state index contributed by atoms with van der Waals surface area (Å²) >= 11 is 4.87. The van der Waals surface area contributed by atoms with Crippen LogP contribution >= 0.6 is 12.2 Å². The molecule has 0 rings (SSSR count). The van der Waals surface area contributed by atoms with Gasteiger partial charge >= 0.3 is 0 Å². The highest BCUT2D eigenvalue weighted by Gasteiger charge is 1.91. The molecular formula is C6H12S. The lowest BCUT2D eigenvalue weighted by molar-refractivity contribution is 0.687. The van der Waals surface area contributed by atoms with Crippen LogP contribution in [-0.4, -0.2) is 4.86 Å². The Morgan fingerprint density at radius 2 is 2.00 bits per heavy atom. The Hall–Kier alpha value is 0.0900. The molecule has 0 aliphatic heterocycles. The van der Waals surface area contributed by atoms with Crippen LogP contribution in [0.1, 0.15) is 27.2 Å². The number of hydrogen-bond donors (Lipinski definition) is 0. The van der Waals surface area contributed by atoms with Gasteiger partial charge in [-0.1, -0.05) is 26.1 Å². The summed E-state index contributed by atoms with van der Waals surface area (Å²) in [6, 6.07) is 0. The molecule has 42 valence electrons. The fourth-order valence-electron chi connectivity index (χ4n) is 0.575. The van der Waals surface area contributed by atoms with Crippen molar-refractivity contribution in [1.29, 1.82) is 0 Å². The van der Waals surface area contributed by atoms with Crippen LogP contribution in [0.2, 0.25) is 0 Å². The molecule has 0 atom stereocenters. The topological polar surface area (TPSA) is 0 Å². The molecule has 0 saturated heterocycles. The summed E-state index contributed by atoms with van der Waals surface area (Å²) in [5, 5.41) is 0. The Kier molecular flexibility index (Phi) is 3.18. The lowest BCUT2D eigenvalue weighted by Crippen LogP contribution is -1.93. The highest BCUT2D eigenvalue weighted by Crippen LogP contribution is 1.99. The first-order valence-electron chi connectivity index (χ1n) is 2.62. The molecule has 0 fully saturated rings.